The molecule has 0 aromatic carbocycles. The van der Waals surface area contributed by atoms with Gasteiger partial charge in [-0.05, 0) is 12.1 Å². The van der Waals surface area contributed by atoms with Crippen LogP contribution in [0.4, 0.5) is 19.0 Å². The molecule has 0 spiro atoms. The Kier molecular flexibility index (Phi) is 4.09. The van der Waals surface area contributed by atoms with E-state index < -0.39 is 17.8 Å². The summed E-state index contributed by atoms with van der Waals surface area (Å²) in [6.07, 6.45) is -4.60. The maximum absolute atomic E-state index is 12.4. The van der Waals surface area contributed by atoms with E-state index in [1.165, 1.54) is 7.05 Å². The number of carbonyl (C=O) groups is 1. The van der Waals surface area contributed by atoms with Crippen LogP contribution in [0.15, 0.2) is 12.1 Å². The molecule has 0 aliphatic rings. The van der Waals surface area contributed by atoms with E-state index in [0.717, 1.165) is 6.07 Å². The summed E-state index contributed by atoms with van der Waals surface area (Å²) in [5, 5.41) is 13.4. The first kappa shape index (κ1) is 13.8. The van der Waals surface area contributed by atoms with Crippen LogP contribution in [0.3, 0.4) is 0 Å². The second-order valence-corrected chi connectivity index (χ2v) is 3.23. The second kappa shape index (κ2) is 5.35. The number of alkyl halides is 3. The van der Waals surface area contributed by atoms with Crippen LogP contribution < -0.4 is 10.6 Å². The highest BCUT2D eigenvalue weighted by Crippen LogP contribution is 2.29. The summed E-state index contributed by atoms with van der Waals surface area (Å²) in [6.45, 7) is -0.264. The highest BCUT2D eigenvalue weighted by Gasteiger charge is 2.33. The average Bonchev–Trinajstić information content (AvgIpc) is 2.34. The molecule has 1 aromatic heterocycles. The van der Waals surface area contributed by atoms with Gasteiger partial charge in [0, 0.05) is 7.05 Å². The molecule has 2 N–H and O–H groups in total. The van der Waals surface area contributed by atoms with Crippen molar-refractivity contribution < 1.29 is 18.0 Å². The molecule has 0 bridgehead atoms. The zero-order valence-electron chi connectivity index (χ0n) is 9.30. The van der Waals surface area contributed by atoms with Crippen LogP contribution in [-0.2, 0) is 11.0 Å². The lowest BCUT2D eigenvalue weighted by atomic mass is 10.2. The first-order valence-corrected chi connectivity index (χ1v) is 4.81. The van der Waals surface area contributed by atoms with E-state index in [-0.39, 0.29) is 17.9 Å². The molecule has 0 radical (unpaired) electrons. The molecule has 1 aromatic rings. The van der Waals surface area contributed by atoms with E-state index in [4.69, 9.17) is 5.26 Å². The molecule has 8 heteroatoms. The van der Waals surface area contributed by atoms with Crippen molar-refractivity contribution in [2.24, 2.45) is 0 Å². The van der Waals surface area contributed by atoms with Gasteiger partial charge in [0.2, 0.25) is 5.91 Å². The van der Waals surface area contributed by atoms with Crippen molar-refractivity contribution in [3.63, 3.8) is 0 Å². The third-order valence-electron chi connectivity index (χ3n) is 2.00. The molecule has 1 amide bonds. The maximum atomic E-state index is 12.4. The Morgan fingerprint density at radius 3 is 2.67 bits per heavy atom. The molecule has 0 unspecified atom stereocenters. The Labute approximate surface area is 101 Å². The molecule has 0 aliphatic carbocycles. The molecule has 0 saturated carbocycles. The summed E-state index contributed by atoms with van der Waals surface area (Å²) in [7, 11) is 1.38. The minimum absolute atomic E-state index is 0.0631. The molecule has 5 nitrogen and oxygen atoms in total. The SMILES string of the molecule is CNC(=O)CNc1nc(C(F)(F)F)ccc1C#N. The van der Waals surface area contributed by atoms with Gasteiger partial charge >= 0.3 is 6.18 Å². The molecule has 0 saturated heterocycles. The fourth-order valence-electron chi connectivity index (χ4n) is 1.09. The van der Waals surface area contributed by atoms with Crippen molar-refractivity contribution >= 4 is 11.7 Å². The number of pyridine rings is 1. The average molecular weight is 258 g/mol. The van der Waals surface area contributed by atoms with Gasteiger partial charge in [0.05, 0.1) is 12.1 Å². The molecule has 96 valence electrons. The number of amides is 1. The monoisotopic (exact) mass is 258 g/mol. The van der Waals surface area contributed by atoms with E-state index in [9.17, 15) is 18.0 Å². The molecule has 0 aliphatic heterocycles. The van der Waals surface area contributed by atoms with Gasteiger partial charge in [-0.15, -0.1) is 0 Å². The molecule has 0 fully saturated rings. The number of hydrogen-bond acceptors (Lipinski definition) is 4. The van der Waals surface area contributed by atoms with Gasteiger partial charge in [0.25, 0.3) is 0 Å². The van der Waals surface area contributed by atoms with Crippen LogP contribution in [0.5, 0.6) is 0 Å². The third kappa shape index (κ3) is 3.35. The van der Waals surface area contributed by atoms with Crippen molar-refractivity contribution in [1.29, 1.82) is 5.26 Å². The van der Waals surface area contributed by atoms with Crippen molar-refractivity contribution in [2.75, 3.05) is 18.9 Å². The van der Waals surface area contributed by atoms with Crippen LogP contribution in [0.1, 0.15) is 11.3 Å². The number of rotatable bonds is 3. The van der Waals surface area contributed by atoms with Crippen LogP contribution >= 0.6 is 0 Å². The summed E-state index contributed by atoms with van der Waals surface area (Å²) in [5.74, 6) is -0.700. The molecular weight excluding hydrogens is 249 g/mol. The third-order valence-corrected chi connectivity index (χ3v) is 2.00. The lowest BCUT2D eigenvalue weighted by molar-refractivity contribution is -0.141. The molecule has 0 atom stereocenters. The zero-order chi connectivity index (χ0) is 13.8. The van der Waals surface area contributed by atoms with Crippen molar-refractivity contribution in [3.05, 3.63) is 23.4 Å². The molecular formula is C10H9F3N4O. The number of aromatic nitrogens is 1. The van der Waals surface area contributed by atoms with Gasteiger partial charge < -0.3 is 10.6 Å². The highest BCUT2D eigenvalue weighted by molar-refractivity contribution is 5.80. The molecule has 18 heavy (non-hydrogen) atoms. The van der Waals surface area contributed by atoms with Gasteiger partial charge in [-0.3, -0.25) is 4.79 Å². The first-order chi connectivity index (χ1) is 8.38. The number of nitrogens with zero attached hydrogens (tertiary/aromatic N) is 2. The maximum Gasteiger partial charge on any atom is 0.433 e. The number of carbonyl (C=O) groups excluding carboxylic acids is 1. The Morgan fingerprint density at radius 2 is 2.17 bits per heavy atom. The van der Waals surface area contributed by atoms with Crippen LogP contribution in [0, 0.1) is 11.3 Å². The number of likely N-dealkylation sites (N-methyl/N-ethyl adjacent to an activating group) is 1. The van der Waals surface area contributed by atoms with Crippen molar-refractivity contribution in [1.82, 2.24) is 10.3 Å². The van der Waals surface area contributed by atoms with E-state index >= 15 is 0 Å². The quantitative estimate of drug-likeness (QED) is 0.852. The lowest BCUT2D eigenvalue weighted by Gasteiger charge is -2.10. The lowest BCUT2D eigenvalue weighted by Crippen LogP contribution is -2.27. The Hall–Kier alpha value is -2.30. The minimum atomic E-state index is -4.60. The summed E-state index contributed by atoms with van der Waals surface area (Å²) in [5.41, 5.74) is -1.19. The number of nitrogens with one attached hydrogen (secondary N) is 2. The predicted molar refractivity (Wildman–Crippen MR) is 56.5 cm³/mol. The molecule has 1 heterocycles. The van der Waals surface area contributed by atoms with Crippen molar-refractivity contribution in [2.45, 2.75) is 6.18 Å². The van der Waals surface area contributed by atoms with Crippen LogP contribution in [-0.4, -0.2) is 24.5 Å². The Morgan fingerprint density at radius 1 is 1.50 bits per heavy atom. The fourth-order valence-corrected chi connectivity index (χ4v) is 1.09. The molecule has 1 rings (SSSR count). The zero-order valence-corrected chi connectivity index (χ0v) is 9.30. The van der Waals surface area contributed by atoms with Gasteiger partial charge in [0.15, 0.2) is 0 Å². The van der Waals surface area contributed by atoms with Gasteiger partial charge in [-0.25, -0.2) is 4.98 Å². The highest BCUT2D eigenvalue weighted by atomic mass is 19.4. The normalized spacial score (nSPS) is 10.6. The van der Waals surface area contributed by atoms with Crippen LogP contribution in [0.25, 0.3) is 0 Å². The predicted octanol–water partition coefficient (Wildman–Crippen LogP) is 1.13. The Bertz CT molecular complexity index is 493. The summed E-state index contributed by atoms with van der Waals surface area (Å²) >= 11 is 0. The fraction of sp³-hybridized carbons (Fsp3) is 0.300. The number of hydrogen-bond donors (Lipinski definition) is 2. The number of halogens is 3. The first-order valence-electron chi connectivity index (χ1n) is 4.81. The minimum Gasteiger partial charge on any atom is -0.360 e. The number of anilines is 1. The largest absolute Gasteiger partial charge is 0.433 e. The van der Waals surface area contributed by atoms with Crippen molar-refractivity contribution in [3.8, 4) is 6.07 Å². The van der Waals surface area contributed by atoms with Gasteiger partial charge in [-0.2, -0.15) is 18.4 Å². The standard InChI is InChI=1S/C10H9F3N4O/c1-15-8(18)5-16-9-6(4-14)2-3-7(17-9)10(11,12)13/h2-3H,5H2,1H3,(H,15,18)(H,16,17). The summed E-state index contributed by atoms with van der Waals surface area (Å²) < 4.78 is 37.2. The van der Waals surface area contributed by atoms with E-state index in [1.54, 1.807) is 6.07 Å². The summed E-state index contributed by atoms with van der Waals surface area (Å²) in [4.78, 5) is 14.2. The topological polar surface area (TPSA) is 77.8 Å². The summed E-state index contributed by atoms with van der Waals surface area (Å²) in [6, 6.07) is 3.41. The van der Waals surface area contributed by atoms with E-state index in [1.807, 2.05) is 0 Å². The van der Waals surface area contributed by atoms with E-state index in [2.05, 4.69) is 15.6 Å². The smallest absolute Gasteiger partial charge is 0.360 e. The number of nitriles is 1. The van der Waals surface area contributed by atoms with Gasteiger partial charge in [0.1, 0.15) is 17.6 Å². The second-order valence-electron chi connectivity index (χ2n) is 3.23. The Balaban J connectivity index is 3.00. The van der Waals surface area contributed by atoms with Crippen LogP contribution in [0.2, 0.25) is 0 Å². The van der Waals surface area contributed by atoms with Gasteiger partial charge in [-0.1, -0.05) is 0 Å². The van der Waals surface area contributed by atoms with E-state index in [0.29, 0.717) is 6.07 Å².